The van der Waals surface area contributed by atoms with Crippen LogP contribution in [0.25, 0.3) is 5.65 Å². The lowest BCUT2D eigenvalue weighted by molar-refractivity contribution is 0.412. The van der Waals surface area contributed by atoms with Crippen LogP contribution in [-0.4, -0.2) is 16.5 Å². The summed E-state index contributed by atoms with van der Waals surface area (Å²) >= 11 is 0. The van der Waals surface area contributed by atoms with Gasteiger partial charge in [0.1, 0.15) is 11.4 Å². The molecule has 0 unspecified atom stereocenters. The van der Waals surface area contributed by atoms with Crippen molar-refractivity contribution in [3.63, 3.8) is 0 Å². The summed E-state index contributed by atoms with van der Waals surface area (Å²) in [7, 11) is 1.66. The van der Waals surface area contributed by atoms with Crippen molar-refractivity contribution < 1.29 is 4.74 Å². The lowest BCUT2D eigenvalue weighted by Gasteiger charge is -1.98. The minimum absolute atomic E-state index is 0.847. The third kappa shape index (κ3) is 1.03. The highest BCUT2D eigenvalue weighted by atomic mass is 16.5. The zero-order valence-corrected chi connectivity index (χ0v) is 7.11. The second-order valence-corrected chi connectivity index (χ2v) is 2.72. The van der Waals surface area contributed by atoms with E-state index in [4.69, 9.17) is 4.74 Å². The van der Waals surface area contributed by atoms with E-state index >= 15 is 0 Å². The molecule has 62 valence electrons. The number of imidazole rings is 1. The molecule has 2 aromatic rings. The van der Waals surface area contributed by atoms with E-state index in [-0.39, 0.29) is 0 Å². The molecule has 0 N–H and O–H groups in total. The number of nitrogens with zero attached hydrogens (tertiary/aromatic N) is 2. The van der Waals surface area contributed by atoms with E-state index in [0.29, 0.717) is 0 Å². The highest BCUT2D eigenvalue weighted by molar-refractivity contribution is 5.42. The van der Waals surface area contributed by atoms with Gasteiger partial charge in [0.15, 0.2) is 0 Å². The fraction of sp³-hybridized carbons (Fsp3) is 0.222. The summed E-state index contributed by atoms with van der Waals surface area (Å²) in [5.41, 5.74) is 1.97. The normalized spacial score (nSPS) is 10.5. The molecule has 0 saturated heterocycles. The Labute approximate surface area is 70.6 Å². The molecule has 3 heteroatoms. The standard InChI is InChI=1S/C9H10N2O/c1-7-5-11-6-8(12-2)3-4-9(11)10-7/h3-6H,1-2H3. The van der Waals surface area contributed by atoms with E-state index in [1.807, 2.05) is 35.9 Å². The van der Waals surface area contributed by atoms with Crippen molar-refractivity contribution in [3.8, 4) is 5.75 Å². The predicted octanol–water partition coefficient (Wildman–Crippen LogP) is 1.65. The van der Waals surface area contributed by atoms with Gasteiger partial charge in [-0.3, -0.25) is 0 Å². The lowest BCUT2D eigenvalue weighted by Crippen LogP contribution is -1.86. The number of aromatic nitrogens is 2. The Kier molecular flexibility index (Phi) is 1.50. The van der Waals surface area contributed by atoms with E-state index in [9.17, 15) is 0 Å². The monoisotopic (exact) mass is 162 g/mol. The Morgan fingerprint density at radius 2 is 2.17 bits per heavy atom. The zero-order chi connectivity index (χ0) is 8.55. The van der Waals surface area contributed by atoms with Crippen molar-refractivity contribution in [2.24, 2.45) is 0 Å². The summed E-state index contributed by atoms with van der Waals surface area (Å²) < 4.78 is 7.04. The van der Waals surface area contributed by atoms with Gasteiger partial charge in [-0.15, -0.1) is 0 Å². The molecule has 0 aliphatic rings. The molecule has 0 bridgehead atoms. The Balaban J connectivity index is 2.66. The average molecular weight is 162 g/mol. The predicted molar refractivity (Wildman–Crippen MR) is 46.5 cm³/mol. The first-order valence-corrected chi connectivity index (χ1v) is 3.79. The van der Waals surface area contributed by atoms with Crippen LogP contribution in [0.1, 0.15) is 5.69 Å². The van der Waals surface area contributed by atoms with Crippen LogP contribution in [0.5, 0.6) is 5.75 Å². The molecule has 0 aliphatic carbocycles. The number of methoxy groups -OCH3 is 1. The molecule has 3 nitrogen and oxygen atoms in total. The Hall–Kier alpha value is -1.51. The SMILES string of the molecule is COc1ccc2nc(C)cn2c1. The number of ether oxygens (including phenoxy) is 1. The van der Waals surface area contributed by atoms with Crippen molar-refractivity contribution in [2.75, 3.05) is 7.11 Å². The van der Waals surface area contributed by atoms with E-state index < -0.39 is 0 Å². The van der Waals surface area contributed by atoms with Crippen LogP contribution in [0.4, 0.5) is 0 Å². The molecule has 12 heavy (non-hydrogen) atoms. The van der Waals surface area contributed by atoms with Crippen LogP contribution >= 0.6 is 0 Å². The Morgan fingerprint density at radius 1 is 1.33 bits per heavy atom. The number of pyridine rings is 1. The summed E-state index contributed by atoms with van der Waals surface area (Å²) in [6.07, 6.45) is 3.88. The van der Waals surface area contributed by atoms with Gasteiger partial charge in [0, 0.05) is 6.20 Å². The minimum Gasteiger partial charge on any atom is -0.495 e. The lowest BCUT2D eigenvalue weighted by atomic mass is 10.4. The first kappa shape index (κ1) is 7.16. The van der Waals surface area contributed by atoms with Gasteiger partial charge in [-0.05, 0) is 19.1 Å². The van der Waals surface area contributed by atoms with Crippen LogP contribution in [0.2, 0.25) is 0 Å². The van der Waals surface area contributed by atoms with Crippen molar-refractivity contribution in [1.29, 1.82) is 0 Å². The molecule has 0 radical (unpaired) electrons. The molecular formula is C9H10N2O. The van der Waals surface area contributed by atoms with Crippen molar-refractivity contribution in [1.82, 2.24) is 9.38 Å². The van der Waals surface area contributed by atoms with Gasteiger partial charge >= 0.3 is 0 Å². The van der Waals surface area contributed by atoms with Gasteiger partial charge in [-0.1, -0.05) is 0 Å². The van der Waals surface area contributed by atoms with Crippen molar-refractivity contribution in [3.05, 3.63) is 30.2 Å². The summed E-state index contributed by atoms with van der Waals surface area (Å²) in [4.78, 5) is 4.30. The van der Waals surface area contributed by atoms with Crippen LogP contribution in [0, 0.1) is 6.92 Å². The van der Waals surface area contributed by atoms with Gasteiger partial charge in [0.05, 0.1) is 19.0 Å². The fourth-order valence-electron chi connectivity index (χ4n) is 1.22. The highest BCUT2D eigenvalue weighted by Gasteiger charge is 1.97. The smallest absolute Gasteiger partial charge is 0.137 e. The van der Waals surface area contributed by atoms with Crippen LogP contribution in [0.3, 0.4) is 0 Å². The van der Waals surface area contributed by atoms with Gasteiger partial charge in [0.25, 0.3) is 0 Å². The van der Waals surface area contributed by atoms with Gasteiger partial charge in [-0.2, -0.15) is 0 Å². The molecule has 0 spiro atoms. The molecule has 0 amide bonds. The van der Waals surface area contributed by atoms with Gasteiger partial charge in [0.2, 0.25) is 0 Å². The molecule has 2 aromatic heterocycles. The van der Waals surface area contributed by atoms with Gasteiger partial charge < -0.3 is 9.14 Å². The number of fused-ring (bicyclic) bond motifs is 1. The fourth-order valence-corrected chi connectivity index (χ4v) is 1.22. The maximum absolute atomic E-state index is 5.08. The topological polar surface area (TPSA) is 26.5 Å². The van der Waals surface area contributed by atoms with Crippen LogP contribution in [0.15, 0.2) is 24.5 Å². The average Bonchev–Trinajstić information content (AvgIpc) is 2.43. The Morgan fingerprint density at radius 3 is 2.92 bits per heavy atom. The molecule has 0 atom stereocenters. The summed E-state index contributed by atoms with van der Waals surface area (Å²) in [5.74, 6) is 0.847. The molecule has 0 saturated carbocycles. The molecule has 0 fully saturated rings. The minimum atomic E-state index is 0.847. The van der Waals surface area contributed by atoms with Crippen molar-refractivity contribution >= 4 is 5.65 Å². The largest absolute Gasteiger partial charge is 0.495 e. The number of aryl methyl sites for hydroxylation is 1. The summed E-state index contributed by atoms with van der Waals surface area (Å²) in [6, 6.07) is 3.84. The highest BCUT2D eigenvalue weighted by Crippen LogP contribution is 2.12. The molecular weight excluding hydrogens is 152 g/mol. The number of hydrogen-bond donors (Lipinski definition) is 0. The third-order valence-corrected chi connectivity index (χ3v) is 1.78. The van der Waals surface area contributed by atoms with E-state index in [0.717, 1.165) is 17.1 Å². The molecule has 0 aromatic carbocycles. The second kappa shape index (κ2) is 2.52. The van der Waals surface area contributed by atoms with Crippen LogP contribution < -0.4 is 4.74 Å². The third-order valence-electron chi connectivity index (χ3n) is 1.78. The molecule has 2 rings (SSSR count). The first-order chi connectivity index (χ1) is 5.79. The summed E-state index contributed by atoms with van der Waals surface area (Å²) in [6.45, 7) is 1.97. The van der Waals surface area contributed by atoms with Crippen LogP contribution in [-0.2, 0) is 0 Å². The number of rotatable bonds is 1. The van der Waals surface area contributed by atoms with E-state index in [1.54, 1.807) is 7.11 Å². The summed E-state index contributed by atoms with van der Waals surface area (Å²) in [5, 5.41) is 0. The maximum Gasteiger partial charge on any atom is 0.137 e. The van der Waals surface area contributed by atoms with Crippen molar-refractivity contribution in [2.45, 2.75) is 6.92 Å². The zero-order valence-electron chi connectivity index (χ0n) is 7.11. The maximum atomic E-state index is 5.08. The first-order valence-electron chi connectivity index (χ1n) is 3.79. The number of hydrogen-bond acceptors (Lipinski definition) is 2. The second-order valence-electron chi connectivity index (χ2n) is 2.72. The molecule has 0 aliphatic heterocycles. The van der Waals surface area contributed by atoms with E-state index in [2.05, 4.69) is 4.98 Å². The Bertz CT molecular complexity index is 406. The molecule has 2 heterocycles. The van der Waals surface area contributed by atoms with Gasteiger partial charge in [-0.25, -0.2) is 4.98 Å². The quantitative estimate of drug-likeness (QED) is 0.637. The van der Waals surface area contributed by atoms with E-state index in [1.165, 1.54) is 0 Å².